The maximum absolute atomic E-state index is 10.7. The van der Waals surface area contributed by atoms with Crippen molar-refractivity contribution in [3.05, 3.63) is 0 Å². The van der Waals surface area contributed by atoms with E-state index >= 15 is 0 Å². The van der Waals surface area contributed by atoms with Crippen molar-refractivity contribution < 1.29 is 46.3 Å². The predicted molar refractivity (Wildman–Crippen MR) is 122 cm³/mol. The Morgan fingerprint density at radius 3 is 1.69 bits per heavy atom. The third kappa shape index (κ3) is 24.3. The van der Waals surface area contributed by atoms with E-state index < -0.39 is 29.3 Å². The maximum Gasteiger partial charge on any atom is 2.00 e. The Labute approximate surface area is 250 Å². The number of rotatable bonds is 14. The summed E-state index contributed by atoms with van der Waals surface area (Å²) < 4.78 is 0.353. The van der Waals surface area contributed by atoms with Gasteiger partial charge in [0.25, 0.3) is 11.8 Å². The minimum atomic E-state index is -0.978. The Hall–Kier alpha value is -0.341. The van der Waals surface area contributed by atoms with Gasteiger partial charge in [-0.05, 0) is 26.8 Å². The standard InChI is InChI=1S/2C9H16N2O4.2Ca.2H2/c1-11(2,6-9(14)15)5-3-4-10-8(13)7-12;1-9(2,8(14)15)11-5-3-4-10-7(13)6-12;;;;/h7H,3-6H2,1-2H3,(H-,10,13,14,15);6,11H,3-5H2,1-2H3,(H,10,13)(H,14,15);;;2*1H/q;;2*+2;;/p+1. The first-order valence-electron chi connectivity index (χ1n) is 9.25. The van der Waals surface area contributed by atoms with Crippen LogP contribution in [0.15, 0.2) is 0 Å². The summed E-state index contributed by atoms with van der Waals surface area (Å²) in [5.41, 5.74) is -0.978. The quantitative estimate of drug-likeness (QED) is 0.0558. The van der Waals surface area contributed by atoms with Gasteiger partial charge in [0.2, 0.25) is 12.6 Å². The molecule has 0 saturated carbocycles. The molecule has 5 N–H and O–H groups in total. The van der Waals surface area contributed by atoms with Gasteiger partial charge in [0.1, 0.15) is 5.54 Å². The Balaban J connectivity index is -0.000000103. The molecule has 12 nitrogen and oxygen atoms in total. The zero-order valence-electron chi connectivity index (χ0n) is 19.3. The molecule has 0 aromatic rings. The normalized spacial score (nSPS) is 10.1. The Bertz CT molecular complexity index is 627. The molecule has 0 aromatic heterocycles. The predicted octanol–water partition coefficient (Wildman–Crippen LogP) is -2.27. The fourth-order valence-corrected chi connectivity index (χ4v) is 2.02. The van der Waals surface area contributed by atoms with Crippen LogP contribution in [0.5, 0.6) is 0 Å². The summed E-state index contributed by atoms with van der Waals surface area (Å²) in [5.74, 6) is -3.08. The number of nitrogens with zero attached hydrogens (tertiary/aromatic N) is 1. The monoisotopic (exact) mass is 517 g/mol. The van der Waals surface area contributed by atoms with Gasteiger partial charge in [0, 0.05) is 22.4 Å². The fraction of sp³-hybridized carbons (Fsp3) is 0.667. The molecule has 14 heteroatoms. The zero-order chi connectivity index (χ0) is 23.8. The number of hydrogen-bond acceptors (Lipinski definition) is 7. The minimum Gasteiger partial charge on any atom is -0.480 e. The van der Waals surface area contributed by atoms with Crippen LogP contribution in [0.2, 0.25) is 0 Å². The second kappa shape index (κ2) is 21.2. The average molecular weight is 518 g/mol. The molecule has 0 atom stereocenters. The van der Waals surface area contributed by atoms with Crippen LogP contribution in [0, 0.1) is 0 Å². The number of hydrogen-bond donors (Lipinski definition) is 5. The number of quaternary nitrogens is 1. The van der Waals surface area contributed by atoms with Crippen LogP contribution in [0.1, 0.15) is 29.5 Å². The molecule has 0 heterocycles. The van der Waals surface area contributed by atoms with E-state index in [0.717, 1.165) is 0 Å². The average Bonchev–Trinajstić information content (AvgIpc) is 2.63. The Morgan fingerprint density at radius 2 is 1.31 bits per heavy atom. The summed E-state index contributed by atoms with van der Waals surface area (Å²) in [6, 6.07) is 0. The van der Waals surface area contributed by atoms with E-state index in [4.69, 9.17) is 10.2 Å². The molecular formula is C18H37Ca2N4O8+5. The number of amides is 2. The molecule has 0 spiro atoms. The molecule has 176 valence electrons. The number of carboxylic acids is 2. The van der Waals surface area contributed by atoms with E-state index in [1.54, 1.807) is 27.9 Å². The SMILES string of the molecule is CC(C)(NCCCNC(=O)C=O)C(=O)O.C[N+](C)(CCCNC(=O)C=O)CC(=O)O.[Ca+2].[Ca+2].[HH].[HH]. The van der Waals surface area contributed by atoms with E-state index in [-0.39, 0.29) is 97.4 Å². The van der Waals surface area contributed by atoms with Gasteiger partial charge in [0.05, 0.1) is 20.6 Å². The first-order valence-corrected chi connectivity index (χ1v) is 9.25. The molecule has 0 bridgehead atoms. The molecule has 32 heavy (non-hydrogen) atoms. The molecule has 0 aromatic carbocycles. The molecule has 0 aliphatic rings. The van der Waals surface area contributed by atoms with Gasteiger partial charge >= 0.3 is 87.4 Å². The van der Waals surface area contributed by atoms with E-state index in [0.29, 0.717) is 43.5 Å². The Kier molecular flexibility index (Phi) is 25.8. The van der Waals surface area contributed by atoms with Crippen molar-refractivity contribution in [2.24, 2.45) is 0 Å². The second-order valence-electron chi connectivity index (χ2n) is 7.59. The summed E-state index contributed by atoms with van der Waals surface area (Å²) in [6.45, 7) is 4.98. The van der Waals surface area contributed by atoms with Crippen LogP contribution < -0.4 is 16.0 Å². The molecule has 0 radical (unpaired) electrons. The number of likely N-dealkylation sites (N-methyl/N-ethyl adjacent to an activating group) is 1. The summed E-state index contributed by atoms with van der Waals surface area (Å²) in [4.78, 5) is 62.0. The molecule has 2 amide bonds. The Morgan fingerprint density at radius 1 is 0.875 bits per heavy atom. The summed E-state index contributed by atoms with van der Waals surface area (Å²) in [6.07, 6.45) is 1.63. The van der Waals surface area contributed by atoms with Crippen LogP contribution in [-0.4, -0.2) is 179 Å². The number of aliphatic carboxylic acids is 2. The molecule has 0 fully saturated rings. The van der Waals surface area contributed by atoms with Crippen LogP contribution in [0.4, 0.5) is 0 Å². The van der Waals surface area contributed by atoms with E-state index in [2.05, 4.69) is 16.0 Å². The van der Waals surface area contributed by atoms with Crippen molar-refractivity contribution in [3.8, 4) is 0 Å². The van der Waals surface area contributed by atoms with Crippen molar-refractivity contribution in [2.75, 3.05) is 46.8 Å². The van der Waals surface area contributed by atoms with Crippen LogP contribution in [-0.2, 0) is 28.8 Å². The van der Waals surface area contributed by atoms with Crippen LogP contribution in [0.3, 0.4) is 0 Å². The van der Waals surface area contributed by atoms with E-state index in [1.807, 2.05) is 0 Å². The van der Waals surface area contributed by atoms with Crippen molar-refractivity contribution >= 4 is 112 Å². The van der Waals surface area contributed by atoms with Crippen LogP contribution >= 0.6 is 0 Å². The molecule has 0 saturated heterocycles. The van der Waals surface area contributed by atoms with Crippen LogP contribution in [0.25, 0.3) is 0 Å². The van der Waals surface area contributed by atoms with E-state index in [1.165, 1.54) is 0 Å². The van der Waals surface area contributed by atoms with Gasteiger partial charge in [0.15, 0.2) is 6.54 Å². The van der Waals surface area contributed by atoms with Gasteiger partial charge in [-0.15, -0.1) is 0 Å². The number of carboxylic acid groups (broad SMARTS) is 2. The number of carbonyl (C=O) groups excluding carboxylic acids is 4. The van der Waals surface area contributed by atoms with Gasteiger partial charge in [-0.3, -0.25) is 24.0 Å². The maximum atomic E-state index is 10.7. The first kappa shape index (κ1) is 38.9. The third-order valence-electron chi connectivity index (χ3n) is 3.77. The van der Waals surface area contributed by atoms with Crippen molar-refractivity contribution in [3.63, 3.8) is 0 Å². The van der Waals surface area contributed by atoms with Gasteiger partial charge < -0.3 is 30.6 Å². The fourth-order valence-electron chi connectivity index (χ4n) is 2.02. The molecular weight excluding hydrogens is 480 g/mol. The van der Waals surface area contributed by atoms with E-state index in [9.17, 15) is 28.8 Å². The summed E-state index contributed by atoms with van der Waals surface area (Å²) in [7, 11) is 3.60. The number of aldehydes is 2. The smallest absolute Gasteiger partial charge is 0.480 e. The zero-order valence-corrected chi connectivity index (χ0v) is 23.7. The molecule has 0 aliphatic heterocycles. The van der Waals surface area contributed by atoms with Gasteiger partial charge in [-0.1, -0.05) is 0 Å². The molecule has 0 aliphatic carbocycles. The van der Waals surface area contributed by atoms with Crippen molar-refractivity contribution in [2.45, 2.75) is 32.2 Å². The minimum absolute atomic E-state index is 0. The van der Waals surface area contributed by atoms with Crippen molar-refractivity contribution in [1.29, 1.82) is 0 Å². The largest absolute Gasteiger partial charge is 2.00 e. The molecule has 0 unspecified atom stereocenters. The number of nitrogens with one attached hydrogen (secondary N) is 3. The summed E-state index contributed by atoms with van der Waals surface area (Å²) in [5, 5.41) is 24.9. The topological polar surface area (TPSA) is 179 Å². The van der Waals surface area contributed by atoms with Gasteiger partial charge in [-0.2, -0.15) is 0 Å². The van der Waals surface area contributed by atoms with Gasteiger partial charge in [-0.25, -0.2) is 4.79 Å². The summed E-state index contributed by atoms with van der Waals surface area (Å²) >= 11 is 0. The molecule has 0 rings (SSSR count). The third-order valence-corrected chi connectivity index (χ3v) is 3.77. The number of carbonyl (C=O) groups is 6. The second-order valence-corrected chi connectivity index (χ2v) is 7.59. The first-order chi connectivity index (χ1) is 13.8. The van der Waals surface area contributed by atoms with Crippen molar-refractivity contribution in [1.82, 2.24) is 16.0 Å².